The number of hydrogen-bond acceptors (Lipinski definition) is 5. The van der Waals surface area contributed by atoms with E-state index in [1.54, 1.807) is 13.1 Å². The van der Waals surface area contributed by atoms with Crippen molar-refractivity contribution in [3.63, 3.8) is 0 Å². The normalized spacial score (nSPS) is 18.0. The van der Waals surface area contributed by atoms with Gasteiger partial charge in [0.15, 0.2) is 0 Å². The average Bonchev–Trinajstić information content (AvgIpc) is 3.24. The molecule has 0 spiro atoms. The summed E-state index contributed by atoms with van der Waals surface area (Å²) in [6, 6.07) is 4.54. The molecule has 1 unspecified atom stereocenters. The standard InChI is InChI=1S/C18H22N6O/c1-12(25)18-22-15-11-21-17-14(3-7-20-17)16(15)24(18)13-4-9-23(10-5-13)8-2-6-19/h3,7,11-13,25H,2,4-5,8-10H2,1H3,(H,20,21). The number of H-pyrrole nitrogens is 1. The third-order valence-electron chi connectivity index (χ3n) is 5.10. The Morgan fingerprint density at radius 1 is 1.44 bits per heavy atom. The van der Waals surface area contributed by atoms with Gasteiger partial charge < -0.3 is 19.6 Å². The molecule has 0 radical (unpaired) electrons. The third-order valence-corrected chi connectivity index (χ3v) is 5.10. The average molecular weight is 338 g/mol. The van der Waals surface area contributed by atoms with E-state index >= 15 is 0 Å². The Balaban J connectivity index is 1.74. The Morgan fingerprint density at radius 3 is 2.96 bits per heavy atom. The van der Waals surface area contributed by atoms with Crippen LogP contribution >= 0.6 is 0 Å². The van der Waals surface area contributed by atoms with Crippen LogP contribution in [0.5, 0.6) is 0 Å². The van der Waals surface area contributed by atoms with Gasteiger partial charge in [-0.05, 0) is 25.8 Å². The maximum Gasteiger partial charge on any atom is 0.139 e. The van der Waals surface area contributed by atoms with Crippen LogP contribution in [-0.2, 0) is 0 Å². The molecule has 3 aromatic heterocycles. The number of nitrogens with one attached hydrogen (secondary N) is 1. The summed E-state index contributed by atoms with van der Waals surface area (Å²) in [4.78, 5) is 14.6. The largest absolute Gasteiger partial charge is 0.385 e. The number of fused-ring (bicyclic) bond motifs is 3. The van der Waals surface area contributed by atoms with Gasteiger partial charge in [0.2, 0.25) is 0 Å². The van der Waals surface area contributed by atoms with Gasteiger partial charge in [0.25, 0.3) is 0 Å². The van der Waals surface area contributed by atoms with Crippen molar-refractivity contribution in [3.05, 3.63) is 24.3 Å². The predicted molar refractivity (Wildman–Crippen MR) is 95.0 cm³/mol. The summed E-state index contributed by atoms with van der Waals surface area (Å²) in [6.45, 7) is 4.53. The number of nitrogens with zero attached hydrogens (tertiary/aromatic N) is 5. The van der Waals surface area contributed by atoms with E-state index in [1.165, 1.54) is 0 Å². The fourth-order valence-corrected chi connectivity index (χ4v) is 3.88. The molecule has 2 N–H and O–H groups in total. The summed E-state index contributed by atoms with van der Waals surface area (Å²) in [5.41, 5.74) is 2.73. The molecule has 0 aliphatic carbocycles. The zero-order valence-corrected chi connectivity index (χ0v) is 14.3. The molecule has 4 rings (SSSR count). The van der Waals surface area contributed by atoms with Crippen LogP contribution in [0.1, 0.15) is 44.2 Å². The van der Waals surface area contributed by atoms with Gasteiger partial charge in [-0.1, -0.05) is 0 Å². The van der Waals surface area contributed by atoms with E-state index < -0.39 is 6.10 Å². The molecule has 7 nitrogen and oxygen atoms in total. The quantitative estimate of drug-likeness (QED) is 0.762. The van der Waals surface area contributed by atoms with Crippen LogP contribution in [0.4, 0.5) is 0 Å². The van der Waals surface area contributed by atoms with Gasteiger partial charge in [0.05, 0.1) is 17.8 Å². The number of aromatic nitrogens is 4. The number of imidazole rings is 1. The summed E-state index contributed by atoms with van der Waals surface area (Å²) in [7, 11) is 0. The lowest BCUT2D eigenvalue weighted by atomic mass is 10.0. The molecular weight excluding hydrogens is 316 g/mol. The molecule has 0 saturated carbocycles. The molecule has 7 heteroatoms. The van der Waals surface area contributed by atoms with Gasteiger partial charge in [-0.2, -0.15) is 5.26 Å². The molecule has 0 aromatic carbocycles. The number of pyridine rings is 1. The number of nitriles is 1. The number of hydrogen-bond donors (Lipinski definition) is 2. The van der Waals surface area contributed by atoms with E-state index in [9.17, 15) is 5.11 Å². The van der Waals surface area contributed by atoms with Crippen LogP contribution in [0.25, 0.3) is 22.1 Å². The smallest absolute Gasteiger partial charge is 0.139 e. The molecule has 4 heterocycles. The number of rotatable bonds is 4. The van der Waals surface area contributed by atoms with Crippen molar-refractivity contribution >= 4 is 22.1 Å². The number of piperidine rings is 1. The molecule has 0 bridgehead atoms. The van der Waals surface area contributed by atoms with E-state index in [2.05, 4.69) is 30.5 Å². The zero-order valence-electron chi connectivity index (χ0n) is 14.3. The molecular formula is C18H22N6O. The highest BCUT2D eigenvalue weighted by atomic mass is 16.3. The first-order valence-corrected chi connectivity index (χ1v) is 8.80. The van der Waals surface area contributed by atoms with Crippen LogP contribution in [0, 0.1) is 11.3 Å². The predicted octanol–water partition coefficient (Wildman–Crippen LogP) is 2.52. The van der Waals surface area contributed by atoms with Crippen molar-refractivity contribution in [2.75, 3.05) is 19.6 Å². The summed E-state index contributed by atoms with van der Waals surface area (Å²) in [6.07, 6.45) is 5.60. The third kappa shape index (κ3) is 2.77. The Hall–Kier alpha value is -2.43. The van der Waals surface area contributed by atoms with Gasteiger partial charge in [-0.3, -0.25) is 0 Å². The second-order valence-electron chi connectivity index (χ2n) is 6.73. The molecule has 130 valence electrons. The van der Waals surface area contributed by atoms with Crippen LogP contribution in [0.3, 0.4) is 0 Å². The number of aliphatic hydroxyl groups excluding tert-OH is 1. The fraction of sp³-hybridized carbons (Fsp3) is 0.500. The summed E-state index contributed by atoms with van der Waals surface area (Å²) >= 11 is 0. The monoisotopic (exact) mass is 338 g/mol. The highest BCUT2D eigenvalue weighted by Gasteiger charge is 2.27. The second-order valence-corrected chi connectivity index (χ2v) is 6.73. The van der Waals surface area contributed by atoms with Crippen molar-refractivity contribution in [2.24, 2.45) is 0 Å². The summed E-state index contributed by atoms with van der Waals surface area (Å²) < 4.78 is 2.22. The Morgan fingerprint density at radius 2 is 2.24 bits per heavy atom. The van der Waals surface area contributed by atoms with E-state index in [4.69, 9.17) is 5.26 Å². The van der Waals surface area contributed by atoms with Crippen LogP contribution in [0.2, 0.25) is 0 Å². The van der Waals surface area contributed by atoms with Crippen molar-refractivity contribution in [1.29, 1.82) is 5.26 Å². The lowest BCUT2D eigenvalue weighted by Crippen LogP contribution is -2.35. The molecule has 3 aromatic rings. The lowest BCUT2D eigenvalue weighted by Gasteiger charge is -2.33. The van der Waals surface area contributed by atoms with Crippen LogP contribution in [-0.4, -0.2) is 49.2 Å². The number of aliphatic hydroxyl groups is 1. The molecule has 1 atom stereocenters. The maximum absolute atomic E-state index is 10.3. The molecule has 25 heavy (non-hydrogen) atoms. The molecule has 1 aliphatic heterocycles. The minimum absolute atomic E-state index is 0.299. The highest BCUT2D eigenvalue weighted by molar-refractivity contribution is 6.01. The topological polar surface area (TPSA) is 93.8 Å². The van der Waals surface area contributed by atoms with Crippen molar-refractivity contribution < 1.29 is 5.11 Å². The fourth-order valence-electron chi connectivity index (χ4n) is 3.88. The number of likely N-dealkylation sites (tertiary alicyclic amines) is 1. The minimum atomic E-state index is -0.627. The first-order valence-electron chi connectivity index (χ1n) is 8.80. The molecule has 1 saturated heterocycles. The Labute approximate surface area is 145 Å². The van der Waals surface area contributed by atoms with Crippen molar-refractivity contribution in [2.45, 2.75) is 38.3 Å². The number of aromatic amines is 1. The SMILES string of the molecule is CC(O)c1nc2cnc3[nH]ccc3c2n1C1CCN(CCC#N)CC1. The van der Waals surface area contributed by atoms with Gasteiger partial charge in [0.1, 0.15) is 23.1 Å². The Kier molecular flexibility index (Phi) is 4.15. The minimum Gasteiger partial charge on any atom is -0.385 e. The van der Waals surface area contributed by atoms with Gasteiger partial charge in [0, 0.05) is 43.7 Å². The Bertz CT molecular complexity index is 926. The van der Waals surface area contributed by atoms with Crippen molar-refractivity contribution in [1.82, 2.24) is 24.4 Å². The van der Waals surface area contributed by atoms with Crippen LogP contribution < -0.4 is 0 Å². The summed E-state index contributed by atoms with van der Waals surface area (Å²) in [5, 5.41) is 20.1. The van der Waals surface area contributed by atoms with Crippen molar-refractivity contribution in [3.8, 4) is 6.07 Å². The first-order chi connectivity index (χ1) is 12.2. The van der Waals surface area contributed by atoms with Gasteiger partial charge in [-0.15, -0.1) is 0 Å². The highest BCUT2D eigenvalue weighted by Crippen LogP contribution is 2.34. The molecule has 0 amide bonds. The van der Waals surface area contributed by atoms with E-state index in [0.29, 0.717) is 18.3 Å². The second kappa shape index (κ2) is 6.47. The lowest BCUT2D eigenvalue weighted by molar-refractivity contribution is 0.161. The van der Waals surface area contributed by atoms with Gasteiger partial charge >= 0.3 is 0 Å². The zero-order chi connectivity index (χ0) is 17.4. The summed E-state index contributed by atoms with van der Waals surface area (Å²) in [5.74, 6) is 0.709. The van der Waals surface area contributed by atoms with Crippen LogP contribution in [0.15, 0.2) is 18.5 Å². The maximum atomic E-state index is 10.3. The first kappa shape index (κ1) is 16.1. The van der Waals surface area contributed by atoms with E-state index in [-0.39, 0.29) is 0 Å². The van der Waals surface area contributed by atoms with E-state index in [1.807, 2.05) is 12.3 Å². The van der Waals surface area contributed by atoms with E-state index in [0.717, 1.165) is 54.5 Å². The van der Waals surface area contributed by atoms with Gasteiger partial charge in [-0.25, -0.2) is 9.97 Å². The molecule has 1 aliphatic rings. The molecule has 1 fully saturated rings.